The molecule has 1 saturated heterocycles. The lowest BCUT2D eigenvalue weighted by molar-refractivity contribution is 0.0394. The Labute approximate surface area is 228 Å². The van der Waals surface area contributed by atoms with Crippen LogP contribution in [-0.4, -0.2) is 34.7 Å². The summed E-state index contributed by atoms with van der Waals surface area (Å²) in [5.41, 5.74) is 5.80. The number of nitrogens with two attached hydrogens (primary N) is 1. The first-order chi connectivity index (χ1) is 18.5. The molecule has 39 heavy (non-hydrogen) atoms. The number of ether oxygens (including phenoxy) is 2. The highest BCUT2D eigenvalue weighted by Gasteiger charge is 2.32. The maximum Gasteiger partial charge on any atom is 0.321 e. The Bertz CT molecular complexity index is 1350. The largest absolute Gasteiger partial charge is 0.457 e. The number of likely N-dealkylation sites (tertiary alicyclic amines) is 1. The third-order valence-corrected chi connectivity index (χ3v) is 6.12. The molecule has 0 radical (unpaired) electrons. The number of piperidine rings is 1. The van der Waals surface area contributed by atoms with Crippen molar-refractivity contribution in [3.05, 3.63) is 78.1 Å². The summed E-state index contributed by atoms with van der Waals surface area (Å²) in [6.07, 6.45) is 0.731. The van der Waals surface area contributed by atoms with Gasteiger partial charge in [0.15, 0.2) is 0 Å². The minimum absolute atomic E-state index is 0.211. The number of amides is 2. The van der Waals surface area contributed by atoms with Crippen LogP contribution in [0.25, 0.3) is 0 Å². The average molecular weight is 532 g/mol. The fourth-order valence-electron chi connectivity index (χ4n) is 3.94. The van der Waals surface area contributed by atoms with Crippen molar-refractivity contribution in [1.29, 1.82) is 0 Å². The minimum atomic E-state index is -1.10. The number of nitrogens with one attached hydrogen (secondary N) is 1. The van der Waals surface area contributed by atoms with Crippen molar-refractivity contribution in [3.63, 3.8) is 0 Å². The molecule has 8 heteroatoms. The molecule has 4 rings (SSSR count). The highest BCUT2D eigenvalue weighted by Crippen LogP contribution is 2.33. The van der Waals surface area contributed by atoms with Crippen LogP contribution in [0.5, 0.6) is 23.0 Å². The number of carbonyl (C=O) groups is 1. The maximum absolute atomic E-state index is 13.4. The van der Waals surface area contributed by atoms with E-state index in [1.807, 2.05) is 45.0 Å². The molecule has 0 aromatic heterocycles. The molecular formula is C31H34FN3O4. The smallest absolute Gasteiger partial charge is 0.321 e. The van der Waals surface area contributed by atoms with E-state index in [0.29, 0.717) is 61.2 Å². The molecule has 204 valence electrons. The maximum atomic E-state index is 13.4. The molecule has 7 nitrogen and oxygen atoms in total. The van der Waals surface area contributed by atoms with Crippen LogP contribution < -0.4 is 20.5 Å². The number of carbonyl (C=O) groups excluding carboxylic acids is 1. The van der Waals surface area contributed by atoms with Crippen molar-refractivity contribution in [2.24, 2.45) is 11.1 Å². The zero-order valence-electron chi connectivity index (χ0n) is 22.5. The Morgan fingerprint density at radius 1 is 0.974 bits per heavy atom. The van der Waals surface area contributed by atoms with Gasteiger partial charge in [-0.1, -0.05) is 24.0 Å². The number of aliphatic hydroxyl groups is 1. The van der Waals surface area contributed by atoms with Gasteiger partial charge in [-0.2, -0.15) is 0 Å². The molecule has 1 aliphatic rings. The number of hydrogen-bond acceptors (Lipinski definition) is 5. The summed E-state index contributed by atoms with van der Waals surface area (Å²) < 4.78 is 25.3. The summed E-state index contributed by atoms with van der Waals surface area (Å²) in [4.78, 5) is 14.8. The molecule has 1 aliphatic heterocycles. The first-order valence-corrected chi connectivity index (χ1v) is 12.9. The van der Waals surface area contributed by atoms with Gasteiger partial charge < -0.3 is 30.5 Å². The monoisotopic (exact) mass is 531 g/mol. The molecule has 0 spiro atoms. The zero-order chi connectivity index (χ0) is 28.0. The van der Waals surface area contributed by atoms with Crippen LogP contribution >= 0.6 is 0 Å². The second kappa shape index (κ2) is 11.8. The van der Waals surface area contributed by atoms with Gasteiger partial charge in [0.05, 0.1) is 0 Å². The van der Waals surface area contributed by atoms with Gasteiger partial charge in [-0.25, -0.2) is 9.18 Å². The number of hydrogen-bond donors (Lipinski definition) is 3. The summed E-state index contributed by atoms with van der Waals surface area (Å²) in [6.45, 7) is 7.13. The van der Waals surface area contributed by atoms with E-state index in [9.17, 15) is 14.3 Å². The fourth-order valence-corrected chi connectivity index (χ4v) is 3.94. The average Bonchev–Trinajstić information content (AvgIpc) is 2.89. The van der Waals surface area contributed by atoms with E-state index in [4.69, 9.17) is 15.2 Å². The lowest BCUT2D eigenvalue weighted by atomic mass is 9.89. The van der Waals surface area contributed by atoms with Gasteiger partial charge in [0, 0.05) is 61.8 Å². The van der Waals surface area contributed by atoms with E-state index in [0.717, 1.165) is 5.56 Å². The quantitative estimate of drug-likeness (QED) is 0.326. The van der Waals surface area contributed by atoms with Crippen molar-refractivity contribution in [2.45, 2.75) is 45.8 Å². The molecular weight excluding hydrogens is 497 g/mol. The number of nitrogens with zero attached hydrogens (tertiary/aromatic N) is 1. The van der Waals surface area contributed by atoms with Crippen LogP contribution in [0.4, 0.5) is 14.9 Å². The normalized spacial score (nSPS) is 14.7. The van der Waals surface area contributed by atoms with Gasteiger partial charge in [0.1, 0.15) is 34.4 Å². The zero-order valence-corrected chi connectivity index (χ0v) is 22.5. The second-order valence-electron chi connectivity index (χ2n) is 10.6. The van der Waals surface area contributed by atoms with E-state index in [-0.39, 0.29) is 17.3 Å². The SMILES string of the molecule is CC(C)(C)C#CC1(O)CCN(C(=O)Nc2cc(Oc3ccc(F)cc3)cc(Oc3ccc(CN)cc3)c2)CC1. The first kappa shape index (κ1) is 28.0. The molecule has 2 amide bonds. The number of urea groups is 1. The standard InChI is InChI=1S/C31H34FN3O4/c1-30(2,3)12-13-31(37)14-16-35(17-15-31)29(36)34-24-18-27(38-25-8-4-22(21-33)5-9-25)20-28(19-24)39-26-10-6-23(32)7-11-26/h4-11,18-20,37H,14-17,21,33H2,1-3H3,(H,34,36). The van der Waals surface area contributed by atoms with Crippen molar-refractivity contribution in [2.75, 3.05) is 18.4 Å². The van der Waals surface area contributed by atoms with Crippen molar-refractivity contribution in [3.8, 4) is 34.8 Å². The van der Waals surface area contributed by atoms with E-state index in [1.54, 1.807) is 23.1 Å². The van der Waals surface area contributed by atoms with E-state index < -0.39 is 5.60 Å². The molecule has 1 heterocycles. The predicted octanol–water partition coefficient (Wildman–Crippen LogP) is 6.28. The van der Waals surface area contributed by atoms with Gasteiger partial charge in [-0.3, -0.25) is 0 Å². The van der Waals surface area contributed by atoms with Crippen LogP contribution in [0.3, 0.4) is 0 Å². The van der Waals surface area contributed by atoms with Crippen molar-refractivity contribution < 1.29 is 23.8 Å². The van der Waals surface area contributed by atoms with Gasteiger partial charge in [-0.05, 0) is 62.7 Å². The van der Waals surface area contributed by atoms with Gasteiger partial charge in [0.25, 0.3) is 0 Å². The Morgan fingerprint density at radius 2 is 1.51 bits per heavy atom. The summed E-state index contributed by atoms with van der Waals surface area (Å²) in [5, 5.41) is 13.7. The fraction of sp³-hybridized carbons (Fsp3) is 0.323. The molecule has 0 saturated carbocycles. The lowest BCUT2D eigenvalue weighted by Gasteiger charge is -2.35. The highest BCUT2D eigenvalue weighted by molar-refractivity contribution is 5.90. The molecule has 0 bridgehead atoms. The third kappa shape index (κ3) is 8.21. The second-order valence-corrected chi connectivity index (χ2v) is 10.6. The van der Waals surface area contributed by atoms with E-state index >= 15 is 0 Å². The number of benzene rings is 3. The molecule has 3 aromatic carbocycles. The predicted molar refractivity (Wildman–Crippen MR) is 149 cm³/mol. The molecule has 1 fully saturated rings. The van der Waals surface area contributed by atoms with E-state index in [1.165, 1.54) is 24.3 Å². The van der Waals surface area contributed by atoms with Gasteiger partial charge in [-0.15, -0.1) is 0 Å². The third-order valence-electron chi connectivity index (χ3n) is 6.12. The minimum Gasteiger partial charge on any atom is -0.457 e. The molecule has 3 aromatic rings. The van der Waals surface area contributed by atoms with Crippen molar-refractivity contribution >= 4 is 11.7 Å². The summed E-state index contributed by atoms with van der Waals surface area (Å²) in [6, 6.07) is 17.8. The summed E-state index contributed by atoms with van der Waals surface area (Å²) >= 11 is 0. The Kier molecular flexibility index (Phi) is 8.44. The molecule has 0 unspecified atom stereocenters. The van der Waals surface area contributed by atoms with Crippen LogP contribution in [0.1, 0.15) is 39.2 Å². The Hall–Kier alpha value is -4.06. The van der Waals surface area contributed by atoms with Crippen LogP contribution in [0.15, 0.2) is 66.7 Å². The topological polar surface area (TPSA) is 97.0 Å². The van der Waals surface area contributed by atoms with Crippen LogP contribution in [-0.2, 0) is 6.54 Å². The van der Waals surface area contributed by atoms with Crippen LogP contribution in [0.2, 0.25) is 0 Å². The number of anilines is 1. The van der Waals surface area contributed by atoms with Crippen LogP contribution in [0, 0.1) is 23.1 Å². The van der Waals surface area contributed by atoms with Crippen molar-refractivity contribution in [1.82, 2.24) is 4.90 Å². The first-order valence-electron chi connectivity index (χ1n) is 12.9. The lowest BCUT2D eigenvalue weighted by Crippen LogP contribution is -2.47. The molecule has 4 N–H and O–H groups in total. The molecule has 0 aliphatic carbocycles. The number of rotatable bonds is 6. The van der Waals surface area contributed by atoms with Gasteiger partial charge in [0.2, 0.25) is 0 Å². The number of halogens is 1. The van der Waals surface area contributed by atoms with E-state index in [2.05, 4.69) is 17.2 Å². The summed E-state index contributed by atoms with van der Waals surface area (Å²) in [5.74, 6) is 7.61. The highest BCUT2D eigenvalue weighted by atomic mass is 19.1. The van der Waals surface area contributed by atoms with Gasteiger partial charge >= 0.3 is 6.03 Å². The Morgan fingerprint density at radius 3 is 2.03 bits per heavy atom. The summed E-state index contributed by atoms with van der Waals surface area (Å²) in [7, 11) is 0. The molecule has 0 atom stereocenters. The Balaban J connectivity index is 1.50.